The second-order valence-electron chi connectivity index (χ2n) is 3.58. The summed E-state index contributed by atoms with van der Waals surface area (Å²) in [5.74, 6) is 0.829. The number of nitro groups is 1. The Labute approximate surface area is 103 Å². The summed E-state index contributed by atoms with van der Waals surface area (Å²) in [6, 6.07) is 8.65. The molecule has 2 aromatic rings. The van der Waals surface area contributed by atoms with Gasteiger partial charge in [0.1, 0.15) is 5.75 Å². The van der Waals surface area contributed by atoms with Crippen molar-refractivity contribution < 1.29 is 9.66 Å². The number of ether oxygens (including phenoxy) is 1. The second kappa shape index (κ2) is 4.59. The van der Waals surface area contributed by atoms with Crippen LogP contribution in [0.1, 0.15) is 5.56 Å². The lowest BCUT2D eigenvalue weighted by Crippen LogP contribution is -1.94. The van der Waals surface area contributed by atoms with Crippen molar-refractivity contribution in [1.29, 1.82) is 0 Å². The Hall–Kier alpha value is -1.81. The SMILES string of the molecule is COc1ccc2cc([N+](=O)[O-])c(CCl)cc2c1. The molecule has 0 spiro atoms. The van der Waals surface area contributed by atoms with Crippen LogP contribution in [0.25, 0.3) is 10.8 Å². The Kier molecular flexibility index (Phi) is 3.15. The van der Waals surface area contributed by atoms with Crippen molar-refractivity contribution in [1.82, 2.24) is 0 Å². The Morgan fingerprint density at radius 2 is 2.06 bits per heavy atom. The standard InChI is InChI=1S/C12H10ClNO3/c1-17-11-3-2-8-6-12(14(15)16)10(7-13)4-9(8)5-11/h2-6H,7H2,1H3. The third-order valence-electron chi connectivity index (χ3n) is 2.59. The topological polar surface area (TPSA) is 52.4 Å². The van der Waals surface area contributed by atoms with Crippen molar-refractivity contribution in [2.45, 2.75) is 5.88 Å². The first-order valence-corrected chi connectivity index (χ1v) is 5.50. The van der Waals surface area contributed by atoms with E-state index in [1.807, 2.05) is 6.07 Å². The number of benzene rings is 2. The number of hydrogen-bond acceptors (Lipinski definition) is 3. The number of halogens is 1. The van der Waals surface area contributed by atoms with E-state index in [1.165, 1.54) is 6.07 Å². The first kappa shape index (κ1) is 11.7. The van der Waals surface area contributed by atoms with Crippen molar-refractivity contribution in [2.24, 2.45) is 0 Å². The van der Waals surface area contributed by atoms with E-state index < -0.39 is 4.92 Å². The van der Waals surface area contributed by atoms with E-state index in [1.54, 1.807) is 25.3 Å². The zero-order chi connectivity index (χ0) is 12.4. The van der Waals surface area contributed by atoms with Gasteiger partial charge in [-0.3, -0.25) is 10.1 Å². The number of nitrogens with zero attached hydrogens (tertiary/aromatic N) is 1. The van der Waals surface area contributed by atoms with Gasteiger partial charge >= 0.3 is 0 Å². The summed E-state index contributed by atoms with van der Waals surface area (Å²) in [4.78, 5) is 10.5. The smallest absolute Gasteiger partial charge is 0.274 e. The highest BCUT2D eigenvalue weighted by Crippen LogP contribution is 2.29. The van der Waals surface area contributed by atoms with Gasteiger partial charge in [0.25, 0.3) is 5.69 Å². The van der Waals surface area contributed by atoms with E-state index in [9.17, 15) is 10.1 Å². The predicted molar refractivity (Wildman–Crippen MR) is 66.7 cm³/mol. The first-order chi connectivity index (χ1) is 8.15. The summed E-state index contributed by atoms with van der Waals surface area (Å²) >= 11 is 5.71. The summed E-state index contributed by atoms with van der Waals surface area (Å²) in [7, 11) is 1.58. The molecule has 0 N–H and O–H groups in total. The number of nitro benzene ring substituents is 1. The monoisotopic (exact) mass is 251 g/mol. The van der Waals surface area contributed by atoms with Crippen LogP contribution in [0.5, 0.6) is 5.75 Å². The molecule has 0 aromatic heterocycles. The second-order valence-corrected chi connectivity index (χ2v) is 3.85. The minimum atomic E-state index is -0.415. The summed E-state index contributed by atoms with van der Waals surface area (Å²) in [5.41, 5.74) is 0.565. The average molecular weight is 252 g/mol. The fraction of sp³-hybridized carbons (Fsp3) is 0.167. The minimum Gasteiger partial charge on any atom is -0.497 e. The summed E-state index contributed by atoms with van der Waals surface area (Å²) < 4.78 is 5.11. The number of fused-ring (bicyclic) bond motifs is 1. The van der Waals surface area contributed by atoms with Crippen molar-refractivity contribution >= 4 is 28.1 Å². The molecule has 0 aliphatic carbocycles. The molecule has 0 atom stereocenters. The van der Waals surface area contributed by atoms with Gasteiger partial charge in [0, 0.05) is 11.6 Å². The number of alkyl halides is 1. The molecule has 0 bridgehead atoms. The van der Waals surface area contributed by atoms with Gasteiger partial charge in [-0.2, -0.15) is 0 Å². The molecular weight excluding hydrogens is 242 g/mol. The lowest BCUT2D eigenvalue weighted by atomic mass is 10.1. The van der Waals surface area contributed by atoms with Crippen LogP contribution in [-0.2, 0) is 5.88 Å². The molecule has 2 aromatic carbocycles. The number of methoxy groups -OCH3 is 1. The summed E-state index contributed by atoms with van der Waals surface area (Å²) in [5, 5.41) is 12.5. The van der Waals surface area contributed by atoms with Crippen molar-refractivity contribution in [2.75, 3.05) is 7.11 Å². The van der Waals surface area contributed by atoms with Gasteiger partial charge < -0.3 is 4.74 Å². The molecule has 2 rings (SSSR count). The molecule has 0 aliphatic rings. The van der Waals surface area contributed by atoms with Gasteiger partial charge in [0.2, 0.25) is 0 Å². The lowest BCUT2D eigenvalue weighted by Gasteiger charge is -2.05. The molecule has 0 saturated carbocycles. The van der Waals surface area contributed by atoms with Crippen LogP contribution in [0.4, 0.5) is 5.69 Å². The largest absolute Gasteiger partial charge is 0.497 e. The van der Waals surface area contributed by atoms with Crippen molar-refractivity contribution in [3.63, 3.8) is 0 Å². The number of rotatable bonds is 3. The van der Waals surface area contributed by atoms with E-state index >= 15 is 0 Å². The van der Waals surface area contributed by atoms with Gasteiger partial charge in [0.05, 0.1) is 17.9 Å². The fourth-order valence-electron chi connectivity index (χ4n) is 1.71. The van der Waals surface area contributed by atoms with Gasteiger partial charge in [-0.15, -0.1) is 11.6 Å². The number of hydrogen-bond donors (Lipinski definition) is 0. The zero-order valence-electron chi connectivity index (χ0n) is 9.14. The van der Waals surface area contributed by atoms with E-state index in [0.29, 0.717) is 11.3 Å². The Morgan fingerprint density at radius 1 is 1.29 bits per heavy atom. The maximum Gasteiger partial charge on any atom is 0.274 e. The molecule has 0 unspecified atom stereocenters. The van der Waals surface area contributed by atoms with Gasteiger partial charge in [-0.1, -0.05) is 6.07 Å². The predicted octanol–water partition coefficient (Wildman–Crippen LogP) is 3.50. The first-order valence-electron chi connectivity index (χ1n) is 4.96. The van der Waals surface area contributed by atoms with Crippen molar-refractivity contribution in [3.8, 4) is 5.75 Å². The molecule has 0 amide bonds. The highest BCUT2D eigenvalue weighted by atomic mass is 35.5. The van der Waals surface area contributed by atoms with Gasteiger partial charge in [-0.25, -0.2) is 0 Å². The molecule has 5 heteroatoms. The third kappa shape index (κ3) is 2.17. The molecule has 17 heavy (non-hydrogen) atoms. The third-order valence-corrected chi connectivity index (χ3v) is 2.87. The minimum absolute atomic E-state index is 0.0534. The summed E-state index contributed by atoms with van der Waals surface area (Å²) in [6.07, 6.45) is 0. The Balaban J connectivity index is 2.69. The highest BCUT2D eigenvalue weighted by molar-refractivity contribution is 6.17. The molecule has 0 aliphatic heterocycles. The summed E-state index contributed by atoms with van der Waals surface area (Å²) in [6.45, 7) is 0. The maximum atomic E-state index is 10.9. The van der Waals surface area contributed by atoms with Crippen molar-refractivity contribution in [3.05, 3.63) is 46.0 Å². The van der Waals surface area contributed by atoms with Crippen LogP contribution < -0.4 is 4.74 Å². The van der Waals surface area contributed by atoms with E-state index in [4.69, 9.17) is 16.3 Å². The van der Waals surface area contributed by atoms with E-state index in [0.717, 1.165) is 10.8 Å². The molecule has 0 radical (unpaired) electrons. The van der Waals surface area contributed by atoms with E-state index in [-0.39, 0.29) is 11.6 Å². The molecule has 0 heterocycles. The zero-order valence-corrected chi connectivity index (χ0v) is 9.90. The molecular formula is C12H10ClNO3. The van der Waals surface area contributed by atoms with Crippen LogP contribution in [0.3, 0.4) is 0 Å². The molecule has 0 saturated heterocycles. The van der Waals surface area contributed by atoms with Gasteiger partial charge in [-0.05, 0) is 29.0 Å². The quantitative estimate of drug-likeness (QED) is 0.477. The molecule has 4 nitrogen and oxygen atoms in total. The van der Waals surface area contributed by atoms with Crippen LogP contribution in [0.15, 0.2) is 30.3 Å². The van der Waals surface area contributed by atoms with Gasteiger partial charge in [0.15, 0.2) is 0 Å². The van der Waals surface area contributed by atoms with Crippen LogP contribution >= 0.6 is 11.6 Å². The highest BCUT2D eigenvalue weighted by Gasteiger charge is 2.14. The van der Waals surface area contributed by atoms with E-state index in [2.05, 4.69) is 0 Å². The normalized spacial score (nSPS) is 10.5. The van der Waals surface area contributed by atoms with Crippen LogP contribution in [0.2, 0.25) is 0 Å². The van der Waals surface area contributed by atoms with Crippen LogP contribution in [-0.4, -0.2) is 12.0 Å². The molecule has 88 valence electrons. The fourth-order valence-corrected chi connectivity index (χ4v) is 1.93. The van der Waals surface area contributed by atoms with Crippen LogP contribution in [0, 0.1) is 10.1 Å². The maximum absolute atomic E-state index is 10.9. The Morgan fingerprint density at radius 3 is 2.65 bits per heavy atom. The molecule has 0 fully saturated rings. The average Bonchev–Trinajstić information content (AvgIpc) is 2.36. The lowest BCUT2D eigenvalue weighted by molar-refractivity contribution is -0.385. The Bertz CT molecular complexity index is 583.